The summed E-state index contributed by atoms with van der Waals surface area (Å²) < 4.78 is 0. The first-order chi connectivity index (χ1) is 34.2. The first-order valence-electron chi connectivity index (χ1n) is 24.2. The molecule has 4 heteroatoms. The molecular weight excluding hydrogens is 849 g/mol. The maximum atomic E-state index is 9.41. The molecule has 0 aliphatic rings. The van der Waals surface area contributed by atoms with Crippen LogP contribution in [0.15, 0.2) is 225 Å². The summed E-state index contributed by atoms with van der Waals surface area (Å²) in [5.74, 6) is 0. The van der Waals surface area contributed by atoms with Gasteiger partial charge in [0.25, 0.3) is 0 Å². The van der Waals surface area contributed by atoms with Crippen LogP contribution in [0.4, 0.5) is 0 Å². The van der Waals surface area contributed by atoms with E-state index in [1.165, 1.54) is 44.5 Å². The van der Waals surface area contributed by atoms with E-state index in [1.807, 2.05) is 67.1 Å². The highest BCUT2D eigenvalue weighted by Gasteiger charge is 2.18. The molecular formula is C66H54N4. The molecule has 3 aromatic heterocycles. The van der Waals surface area contributed by atoms with Crippen LogP contribution in [0.5, 0.6) is 0 Å². The van der Waals surface area contributed by atoms with E-state index in [9.17, 15) is 5.26 Å². The van der Waals surface area contributed by atoms with Gasteiger partial charge in [-0.3, -0.25) is 15.0 Å². The zero-order chi connectivity index (χ0) is 47.9. The standard InChI is InChI=1S/C66H54N4/c1-66(2,3)58-35-37-65(70-45-58)56-34-36-61(62(43-56)53-32-30-52(31-33-53)51-24-22-48(44-67)23-25-51)60-11-5-4-10-59(60)57-41-49(16-14-46-18-26-54(27-19-46)63-12-6-8-38-68-63)40-50(42-57)17-15-47-20-28-55(29-21-47)64-13-7-9-39-69-64/h4-13,18-43,45H,14-17H2,1-3H3. The predicted octanol–water partition coefficient (Wildman–Crippen LogP) is 16.3. The van der Waals surface area contributed by atoms with E-state index in [-0.39, 0.29) is 5.41 Å². The van der Waals surface area contributed by atoms with E-state index in [4.69, 9.17) is 4.98 Å². The Hall–Kier alpha value is -8.52. The summed E-state index contributed by atoms with van der Waals surface area (Å²) in [5.41, 5.74) is 22.5. The van der Waals surface area contributed by atoms with Crippen molar-refractivity contribution in [3.8, 4) is 84.3 Å². The molecule has 0 unspecified atom stereocenters. The van der Waals surface area contributed by atoms with Gasteiger partial charge in [0.2, 0.25) is 0 Å². The van der Waals surface area contributed by atoms with E-state index < -0.39 is 0 Å². The van der Waals surface area contributed by atoms with Gasteiger partial charge in [-0.25, -0.2) is 0 Å². The van der Waals surface area contributed by atoms with Gasteiger partial charge < -0.3 is 0 Å². The molecule has 0 radical (unpaired) electrons. The second-order valence-corrected chi connectivity index (χ2v) is 19.1. The molecule has 338 valence electrons. The Kier molecular flexibility index (Phi) is 13.2. The maximum absolute atomic E-state index is 9.41. The van der Waals surface area contributed by atoms with Crippen molar-refractivity contribution < 1.29 is 0 Å². The molecule has 7 aromatic carbocycles. The Labute approximate surface area is 412 Å². The van der Waals surface area contributed by atoms with Gasteiger partial charge in [-0.2, -0.15) is 5.26 Å². The van der Waals surface area contributed by atoms with E-state index >= 15 is 0 Å². The minimum Gasteiger partial charge on any atom is -0.256 e. The highest BCUT2D eigenvalue weighted by atomic mass is 14.7. The number of aromatic nitrogens is 3. The van der Waals surface area contributed by atoms with Crippen LogP contribution in [0.25, 0.3) is 78.3 Å². The van der Waals surface area contributed by atoms with Crippen molar-refractivity contribution >= 4 is 0 Å². The third kappa shape index (κ3) is 10.5. The van der Waals surface area contributed by atoms with Gasteiger partial charge in [0.05, 0.1) is 28.7 Å². The molecule has 4 nitrogen and oxygen atoms in total. The zero-order valence-electron chi connectivity index (χ0n) is 40.0. The number of rotatable bonds is 13. The van der Waals surface area contributed by atoms with Crippen LogP contribution in [-0.4, -0.2) is 15.0 Å². The van der Waals surface area contributed by atoms with Gasteiger partial charge >= 0.3 is 0 Å². The molecule has 0 aliphatic heterocycles. The molecule has 0 amide bonds. The molecule has 0 N–H and O–H groups in total. The van der Waals surface area contributed by atoms with Crippen LogP contribution in [-0.2, 0) is 31.1 Å². The molecule has 0 fully saturated rings. The second-order valence-electron chi connectivity index (χ2n) is 19.1. The molecule has 0 atom stereocenters. The lowest BCUT2D eigenvalue weighted by Crippen LogP contribution is -2.11. The van der Waals surface area contributed by atoms with E-state index in [0.29, 0.717) is 5.56 Å². The average molecular weight is 903 g/mol. The number of hydrogen-bond donors (Lipinski definition) is 0. The van der Waals surface area contributed by atoms with Crippen LogP contribution in [0.1, 0.15) is 54.2 Å². The van der Waals surface area contributed by atoms with Gasteiger partial charge in [-0.1, -0.05) is 178 Å². The summed E-state index contributed by atoms with van der Waals surface area (Å²) in [6, 6.07) is 76.0. The van der Waals surface area contributed by atoms with Crippen molar-refractivity contribution in [3.05, 3.63) is 258 Å². The topological polar surface area (TPSA) is 62.5 Å². The minimum absolute atomic E-state index is 0.0101. The van der Waals surface area contributed by atoms with Crippen molar-refractivity contribution in [2.24, 2.45) is 0 Å². The first kappa shape index (κ1) is 45.3. The molecule has 0 aliphatic carbocycles. The summed E-state index contributed by atoms with van der Waals surface area (Å²) in [6.45, 7) is 6.67. The largest absolute Gasteiger partial charge is 0.256 e. The van der Waals surface area contributed by atoms with Crippen LogP contribution in [0.2, 0.25) is 0 Å². The fraction of sp³-hybridized carbons (Fsp3) is 0.121. The molecule has 0 saturated carbocycles. The molecule has 0 saturated heterocycles. The monoisotopic (exact) mass is 902 g/mol. The number of nitriles is 1. The summed E-state index contributed by atoms with van der Waals surface area (Å²) in [7, 11) is 0. The predicted molar refractivity (Wildman–Crippen MR) is 289 cm³/mol. The van der Waals surface area contributed by atoms with E-state index in [2.05, 4.69) is 195 Å². The smallest absolute Gasteiger partial charge is 0.0991 e. The van der Waals surface area contributed by atoms with Gasteiger partial charge in [0.15, 0.2) is 0 Å². The third-order valence-electron chi connectivity index (χ3n) is 13.3. The number of nitrogens with zero attached hydrogens (tertiary/aromatic N) is 4. The summed E-state index contributed by atoms with van der Waals surface area (Å²) >= 11 is 0. The quantitative estimate of drug-likeness (QED) is 0.116. The number of pyridine rings is 3. The van der Waals surface area contributed by atoms with Crippen molar-refractivity contribution in [1.82, 2.24) is 15.0 Å². The van der Waals surface area contributed by atoms with Crippen molar-refractivity contribution in [2.45, 2.75) is 51.9 Å². The lowest BCUT2D eigenvalue weighted by molar-refractivity contribution is 0.587. The molecule has 70 heavy (non-hydrogen) atoms. The lowest BCUT2D eigenvalue weighted by atomic mass is 9.86. The fourth-order valence-corrected chi connectivity index (χ4v) is 9.27. The van der Waals surface area contributed by atoms with E-state index in [0.717, 1.165) is 87.3 Å². The number of hydrogen-bond acceptors (Lipinski definition) is 4. The second kappa shape index (κ2) is 20.4. The zero-order valence-corrected chi connectivity index (χ0v) is 40.0. The first-order valence-corrected chi connectivity index (χ1v) is 24.2. The van der Waals surface area contributed by atoms with Crippen molar-refractivity contribution in [1.29, 1.82) is 5.26 Å². The van der Waals surface area contributed by atoms with Gasteiger partial charge in [0.1, 0.15) is 0 Å². The van der Waals surface area contributed by atoms with Gasteiger partial charge in [0, 0.05) is 35.3 Å². The Morgan fingerprint density at radius 1 is 0.357 bits per heavy atom. The SMILES string of the molecule is CC(C)(C)c1ccc(-c2ccc(-c3ccccc3-c3cc(CCc4ccc(-c5ccccn5)cc4)cc(CCc4ccc(-c5ccccn5)cc4)c3)c(-c3ccc(-c4ccc(C#N)cc4)cc3)c2)nc1. The van der Waals surface area contributed by atoms with Crippen LogP contribution in [0, 0.1) is 11.3 Å². The summed E-state index contributed by atoms with van der Waals surface area (Å²) in [5, 5.41) is 9.41. The minimum atomic E-state index is 0.0101. The molecule has 10 rings (SSSR count). The summed E-state index contributed by atoms with van der Waals surface area (Å²) in [4.78, 5) is 14.1. The van der Waals surface area contributed by atoms with Gasteiger partial charge in [-0.15, -0.1) is 0 Å². The average Bonchev–Trinajstić information content (AvgIpc) is 3.42. The summed E-state index contributed by atoms with van der Waals surface area (Å²) in [6.07, 6.45) is 9.40. The molecule has 0 spiro atoms. The van der Waals surface area contributed by atoms with Gasteiger partial charge in [-0.05, 0) is 152 Å². The molecule has 0 bridgehead atoms. The van der Waals surface area contributed by atoms with Crippen LogP contribution >= 0.6 is 0 Å². The number of benzene rings is 7. The third-order valence-corrected chi connectivity index (χ3v) is 13.3. The molecule has 10 aromatic rings. The fourth-order valence-electron chi connectivity index (χ4n) is 9.27. The highest BCUT2D eigenvalue weighted by Crippen LogP contribution is 2.41. The molecule has 3 heterocycles. The lowest BCUT2D eigenvalue weighted by Gasteiger charge is -2.19. The van der Waals surface area contributed by atoms with Crippen LogP contribution in [0.3, 0.4) is 0 Å². The van der Waals surface area contributed by atoms with Crippen molar-refractivity contribution in [2.75, 3.05) is 0 Å². The Morgan fingerprint density at radius 3 is 1.34 bits per heavy atom. The maximum Gasteiger partial charge on any atom is 0.0991 e. The van der Waals surface area contributed by atoms with Crippen LogP contribution < -0.4 is 0 Å². The number of aryl methyl sites for hydroxylation is 4. The van der Waals surface area contributed by atoms with Crippen molar-refractivity contribution in [3.63, 3.8) is 0 Å². The Balaban J connectivity index is 1.02. The van der Waals surface area contributed by atoms with E-state index in [1.54, 1.807) is 0 Å². The Morgan fingerprint density at radius 2 is 0.829 bits per heavy atom. The normalized spacial score (nSPS) is 11.3. The Bertz CT molecular complexity index is 3300. The highest BCUT2D eigenvalue weighted by molar-refractivity contribution is 5.94.